The van der Waals surface area contributed by atoms with Crippen LogP contribution in [0.5, 0.6) is 11.5 Å². The van der Waals surface area contributed by atoms with Gasteiger partial charge in [-0.1, -0.05) is 54.1 Å². The maximum atomic E-state index is 14.0. The van der Waals surface area contributed by atoms with E-state index in [0.29, 0.717) is 23.9 Å². The topological polar surface area (TPSA) is 98.6 Å². The van der Waals surface area contributed by atoms with Gasteiger partial charge in [-0.2, -0.15) is 5.10 Å². The van der Waals surface area contributed by atoms with Gasteiger partial charge in [0, 0.05) is 30.1 Å². The van der Waals surface area contributed by atoms with Gasteiger partial charge in [0.15, 0.2) is 11.5 Å². The van der Waals surface area contributed by atoms with Gasteiger partial charge in [0.2, 0.25) is 18.6 Å². The van der Waals surface area contributed by atoms with E-state index in [2.05, 4.69) is 10.3 Å². The maximum Gasteiger partial charge on any atom is 0.240 e. The van der Waals surface area contributed by atoms with Crippen molar-refractivity contribution in [2.45, 2.75) is 18.7 Å². The highest BCUT2D eigenvalue weighted by atomic mass is 32.2. The van der Waals surface area contributed by atoms with Crippen molar-refractivity contribution in [2.75, 3.05) is 24.0 Å². The summed E-state index contributed by atoms with van der Waals surface area (Å²) in [5, 5.41) is 7.84. The monoisotopic (exact) mass is 603 g/mol. The van der Waals surface area contributed by atoms with E-state index in [1.165, 1.54) is 11.8 Å². The summed E-state index contributed by atoms with van der Waals surface area (Å²) < 4.78 is 13.1. The van der Waals surface area contributed by atoms with Gasteiger partial charge in [-0.15, -0.1) is 11.8 Å². The van der Waals surface area contributed by atoms with E-state index in [1.807, 2.05) is 91.9 Å². The number of ether oxygens (including phenoxy) is 2. The van der Waals surface area contributed by atoms with Gasteiger partial charge in [0.05, 0.1) is 22.4 Å². The van der Waals surface area contributed by atoms with Crippen molar-refractivity contribution in [2.24, 2.45) is 0 Å². The number of benzene rings is 3. The fraction of sp³-hybridized carbons (Fsp3) is 0.176. The summed E-state index contributed by atoms with van der Waals surface area (Å²) in [6.07, 6.45) is 3.37. The van der Waals surface area contributed by atoms with Crippen LogP contribution in [0.4, 0.5) is 5.82 Å². The number of pyridine rings is 1. The Morgan fingerprint density at radius 3 is 2.55 bits per heavy atom. The zero-order valence-corrected chi connectivity index (χ0v) is 24.8. The normalized spacial score (nSPS) is 15.5. The second kappa shape index (κ2) is 11.9. The molecule has 0 bridgehead atoms. The Balaban J connectivity index is 1.38. The average molecular weight is 604 g/mol. The number of fused-ring (bicyclic) bond motifs is 2. The Morgan fingerprint density at radius 2 is 1.75 bits per heavy atom. The molecule has 44 heavy (non-hydrogen) atoms. The molecule has 10 heteroatoms. The molecule has 1 atom stereocenters. The van der Waals surface area contributed by atoms with Crippen molar-refractivity contribution < 1.29 is 19.1 Å². The van der Waals surface area contributed by atoms with Crippen LogP contribution in [-0.2, 0) is 16.1 Å². The minimum Gasteiger partial charge on any atom is -0.454 e. The third-order valence-electron chi connectivity index (χ3n) is 7.65. The first kappa shape index (κ1) is 27.7. The molecule has 1 unspecified atom stereocenters. The Kier molecular flexibility index (Phi) is 7.49. The Morgan fingerprint density at radius 1 is 0.977 bits per heavy atom. The molecule has 2 aliphatic rings. The minimum atomic E-state index is -0.275. The highest BCUT2D eigenvalue weighted by Gasteiger charge is 2.38. The first-order valence-electron chi connectivity index (χ1n) is 14.3. The molecular weight excluding hydrogens is 574 g/mol. The van der Waals surface area contributed by atoms with E-state index in [4.69, 9.17) is 14.6 Å². The number of carbonyl (C=O) groups is 2. The van der Waals surface area contributed by atoms with Crippen LogP contribution in [-0.4, -0.2) is 45.7 Å². The van der Waals surface area contributed by atoms with Gasteiger partial charge < -0.3 is 14.8 Å². The fourth-order valence-electron chi connectivity index (χ4n) is 5.43. The molecule has 7 rings (SSSR count). The van der Waals surface area contributed by atoms with Crippen LogP contribution in [0.2, 0.25) is 0 Å². The molecule has 0 saturated heterocycles. The van der Waals surface area contributed by atoms with E-state index in [1.54, 1.807) is 22.0 Å². The first-order chi connectivity index (χ1) is 21.5. The van der Waals surface area contributed by atoms with Crippen LogP contribution in [0.3, 0.4) is 0 Å². The molecule has 5 aromatic rings. The van der Waals surface area contributed by atoms with Crippen molar-refractivity contribution in [3.8, 4) is 28.4 Å². The number of nitrogens with zero attached hydrogens (tertiary/aromatic N) is 4. The molecule has 1 N–H and O–H groups in total. The van der Waals surface area contributed by atoms with Gasteiger partial charge in [0.1, 0.15) is 12.4 Å². The van der Waals surface area contributed by atoms with Gasteiger partial charge in [0.25, 0.3) is 0 Å². The second-order valence-corrected chi connectivity index (χ2v) is 11.7. The Hall–Kier alpha value is -5.09. The predicted molar refractivity (Wildman–Crippen MR) is 169 cm³/mol. The molecule has 9 nitrogen and oxygen atoms in total. The smallest absolute Gasteiger partial charge is 0.240 e. The highest BCUT2D eigenvalue weighted by Crippen LogP contribution is 2.50. The molecule has 0 fully saturated rings. The first-order valence-corrected chi connectivity index (χ1v) is 15.3. The molecule has 220 valence electrons. The number of rotatable bonds is 7. The standard InChI is InChI=1S/C34H29N5O4S/c1-22-7-10-26(11-8-22)39-34-31(32(37-39)24-5-3-2-4-6-24)33(25-9-12-27-28(17-25)43-21-42-27)44-20-30(41)38(34)19-29(40)36-18-23-13-15-35-16-14-23/h2-17,33H,18-21H2,1H3,(H,36,40). The lowest BCUT2D eigenvalue weighted by molar-refractivity contribution is -0.123. The van der Waals surface area contributed by atoms with Crippen molar-refractivity contribution in [3.05, 3.63) is 120 Å². The number of nitrogens with one attached hydrogen (secondary N) is 1. The lowest BCUT2D eigenvalue weighted by Crippen LogP contribution is -2.42. The molecule has 3 aromatic carbocycles. The summed E-state index contributed by atoms with van der Waals surface area (Å²) in [6, 6.07) is 27.5. The molecule has 0 radical (unpaired) electrons. The summed E-state index contributed by atoms with van der Waals surface area (Å²) in [7, 11) is 0. The molecule has 2 aliphatic heterocycles. The molecule has 0 aliphatic carbocycles. The van der Waals surface area contributed by atoms with Crippen LogP contribution in [0.25, 0.3) is 16.9 Å². The number of aromatic nitrogens is 3. The lowest BCUT2D eigenvalue weighted by atomic mass is 9.99. The number of aryl methyl sites for hydroxylation is 1. The number of anilines is 1. The molecular formula is C34H29N5O4S. The number of thioether (sulfide) groups is 1. The third-order valence-corrected chi connectivity index (χ3v) is 8.91. The molecule has 2 aromatic heterocycles. The molecule has 4 heterocycles. The molecule has 0 spiro atoms. The third kappa shape index (κ3) is 5.40. The van der Waals surface area contributed by atoms with E-state index < -0.39 is 0 Å². The van der Waals surface area contributed by atoms with Gasteiger partial charge in [-0.25, -0.2) is 4.68 Å². The molecule has 0 saturated carbocycles. The van der Waals surface area contributed by atoms with E-state index in [-0.39, 0.29) is 36.2 Å². The fourth-order valence-corrected chi connectivity index (χ4v) is 6.62. The van der Waals surface area contributed by atoms with E-state index >= 15 is 0 Å². The lowest BCUT2D eigenvalue weighted by Gasteiger charge is -2.23. The average Bonchev–Trinajstić information content (AvgIpc) is 3.66. The van der Waals surface area contributed by atoms with E-state index in [9.17, 15) is 9.59 Å². The van der Waals surface area contributed by atoms with Crippen LogP contribution in [0, 0.1) is 6.92 Å². The van der Waals surface area contributed by atoms with Gasteiger partial charge in [-0.05, 0) is 54.4 Å². The summed E-state index contributed by atoms with van der Waals surface area (Å²) in [5.41, 5.74) is 6.29. The number of hydrogen-bond donors (Lipinski definition) is 1. The van der Waals surface area contributed by atoms with Crippen molar-refractivity contribution in [1.29, 1.82) is 0 Å². The van der Waals surface area contributed by atoms with Crippen LogP contribution in [0.15, 0.2) is 97.3 Å². The van der Waals surface area contributed by atoms with Gasteiger partial charge >= 0.3 is 0 Å². The van der Waals surface area contributed by atoms with Crippen molar-refractivity contribution >= 4 is 29.4 Å². The number of amides is 2. The summed E-state index contributed by atoms with van der Waals surface area (Å²) in [5.74, 6) is 1.66. The molecule has 2 amide bonds. The van der Waals surface area contributed by atoms with Crippen LogP contribution >= 0.6 is 11.8 Å². The van der Waals surface area contributed by atoms with Crippen LogP contribution < -0.4 is 19.7 Å². The summed E-state index contributed by atoms with van der Waals surface area (Å²) >= 11 is 1.51. The van der Waals surface area contributed by atoms with Gasteiger partial charge in [-0.3, -0.25) is 19.5 Å². The SMILES string of the molecule is Cc1ccc(-n2nc(-c3ccccc3)c3c2N(CC(=O)NCc2ccncc2)C(=O)CSC3c2ccc3c(c2)OCO3)cc1. The van der Waals surface area contributed by atoms with Crippen molar-refractivity contribution in [1.82, 2.24) is 20.1 Å². The summed E-state index contributed by atoms with van der Waals surface area (Å²) in [4.78, 5) is 33.0. The second-order valence-electron chi connectivity index (χ2n) is 10.6. The van der Waals surface area contributed by atoms with Crippen LogP contribution in [0.1, 0.15) is 27.5 Å². The zero-order valence-electron chi connectivity index (χ0n) is 24.0. The number of carbonyl (C=O) groups excluding carboxylic acids is 2. The maximum absolute atomic E-state index is 14.0. The van der Waals surface area contributed by atoms with Crippen molar-refractivity contribution in [3.63, 3.8) is 0 Å². The zero-order chi connectivity index (χ0) is 30.0. The largest absolute Gasteiger partial charge is 0.454 e. The van der Waals surface area contributed by atoms with E-state index in [0.717, 1.165) is 39.2 Å². The Labute approximate surface area is 258 Å². The number of hydrogen-bond acceptors (Lipinski definition) is 7. The summed E-state index contributed by atoms with van der Waals surface area (Å²) in [6.45, 7) is 2.37. The Bertz CT molecular complexity index is 1830. The highest BCUT2D eigenvalue weighted by molar-refractivity contribution is 8.00. The quantitative estimate of drug-likeness (QED) is 0.264. The minimum absolute atomic E-state index is 0.156. The predicted octanol–water partition coefficient (Wildman–Crippen LogP) is 5.46.